The van der Waals surface area contributed by atoms with Crippen LogP contribution in [-0.4, -0.2) is 41.5 Å². The molecule has 0 spiro atoms. The van der Waals surface area contributed by atoms with Crippen molar-refractivity contribution in [1.82, 2.24) is 4.90 Å². The van der Waals surface area contributed by atoms with E-state index in [0.717, 1.165) is 30.6 Å². The van der Waals surface area contributed by atoms with Crippen molar-refractivity contribution in [2.45, 2.75) is 32.2 Å². The number of Topliss-reactive ketones (excluding diaryl/α,β-unsaturated/α-hetero) is 1. The molecule has 1 fully saturated rings. The Hall–Kier alpha value is -3.54. The second-order valence-corrected chi connectivity index (χ2v) is 7.94. The van der Waals surface area contributed by atoms with Crippen LogP contribution in [0.1, 0.15) is 42.5 Å². The zero-order chi connectivity index (χ0) is 22.7. The lowest BCUT2D eigenvalue weighted by atomic mass is 9.94. The molecule has 2 aromatic rings. The number of carbonyl (C=O) groups excluding carboxylic acids is 2. The Morgan fingerprint density at radius 3 is 2.91 bits per heavy atom. The zero-order valence-corrected chi connectivity index (χ0v) is 18.2. The Labute approximate surface area is 187 Å². The number of nitrogens with zero attached hydrogens (tertiary/aromatic N) is 1. The molecule has 2 aliphatic rings. The molecule has 166 valence electrons. The number of likely N-dealkylation sites (tertiary alicyclic amines) is 1. The van der Waals surface area contributed by atoms with Gasteiger partial charge in [-0.1, -0.05) is 38.1 Å². The van der Waals surface area contributed by atoms with Gasteiger partial charge in [0.1, 0.15) is 23.9 Å². The van der Waals surface area contributed by atoms with Gasteiger partial charge < -0.3 is 19.5 Å². The number of rotatable bonds is 8. The fourth-order valence-electron chi connectivity index (χ4n) is 4.20. The van der Waals surface area contributed by atoms with Gasteiger partial charge in [-0.3, -0.25) is 9.59 Å². The highest BCUT2D eigenvalue weighted by Crippen LogP contribution is 2.41. The average molecular weight is 434 g/mol. The first kappa shape index (κ1) is 21.7. The Morgan fingerprint density at radius 1 is 1.28 bits per heavy atom. The van der Waals surface area contributed by atoms with E-state index in [1.54, 1.807) is 23.1 Å². The molecule has 0 aromatic heterocycles. The number of aliphatic hydroxyl groups excluding tert-OH is 1. The summed E-state index contributed by atoms with van der Waals surface area (Å²) in [4.78, 5) is 27.6. The van der Waals surface area contributed by atoms with Crippen LogP contribution in [0.4, 0.5) is 0 Å². The summed E-state index contributed by atoms with van der Waals surface area (Å²) in [5.74, 6) is -0.0316. The number of hydrogen-bond donors (Lipinski definition) is 1. The first-order valence-corrected chi connectivity index (χ1v) is 10.9. The smallest absolute Gasteiger partial charge is 0.295 e. The SMILES string of the molecule is C=CCOc1cccc(C2/C(=C(/O)c3ccc4c(c3)CCO4)C(=O)C(=O)N2CCCC)c1. The number of amides is 1. The van der Waals surface area contributed by atoms with Gasteiger partial charge in [-0.2, -0.15) is 0 Å². The number of fused-ring (bicyclic) bond motifs is 1. The van der Waals surface area contributed by atoms with E-state index in [4.69, 9.17) is 9.47 Å². The highest BCUT2D eigenvalue weighted by atomic mass is 16.5. The molecule has 32 heavy (non-hydrogen) atoms. The van der Waals surface area contributed by atoms with Crippen molar-refractivity contribution in [3.63, 3.8) is 0 Å². The monoisotopic (exact) mass is 433 g/mol. The predicted octanol–water partition coefficient (Wildman–Crippen LogP) is 4.41. The van der Waals surface area contributed by atoms with Crippen LogP contribution < -0.4 is 9.47 Å². The molecule has 0 saturated carbocycles. The number of ether oxygens (including phenoxy) is 2. The Kier molecular flexibility index (Phi) is 6.30. The molecule has 2 aliphatic heterocycles. The predicted molar refractivity (Wildman–Crippen MR) is 122 cm³/mol. The van der Waals surface area contributed by atoms with Gasteiger partial charge in [0.25, 0.3) is 11.7 Å². The number of benzene rings is 2. The Bertz CT molecular complexity index is 1090. The Morgan fingerprint density at radius 2 is 2.12 bits per heavy atom. The molecular weight excluding hydrogens is 406 g/mol. The van der Waals surface area contributed by atoms with Crippen molar-refractivity contribution in [2.75, 3.05) is 19.8 Å². The first-order chi connectivity index (χ1) is 15.5. The summed E-state index contributed by atoms with van der Waals surface area (Å²) in [6, 6.07) is 12.0. The van der Waals surface area contributed by atoms with Crippen LogP contribution in [0.25, 0.3) is 5.76 Å². The molecule has 6 heteroatoms. The molecule has 1 atom stereocenters. The molecule has 4 rings (SSSR count). The Balaban J connectivity index is 1.81. The maximum Gasteiger partial charge on any atom is 0.295 e. The lowest BCUT2D eigenvalue weighted by molar-refractivity contribution is -0.139. The largest absolute Gasteiger partial charge is 0.507 e. The van der Waals surface area contributed by atoms with Crippen molar-refractivity contribution in [1.29, 1.82) is 0 Å². The number of ketones is 1. The van der Waals surface area contributed by atoms with E-state index >= 15 is 0 Å². The third kappa shape index (κ3) is 4.00. The minimum atomic E-state index is -0.682. The van der Waals surface area contributed by atoms with Gasteiger partial charge in [0, 0.05) is 18.5 Å². The summed E-state index contributed by atoms with van der Waals surface area (Å²) in [6.07, 6.45) is 4.03. The summed E-state index contributed by atoms with van der Waals surface area (Å²) in [7, 11) is 0. The van der Waals surface area contributed by atoms with E-state index < -0.39 is 17.7 Å². The lowest BCUT2D eigenvalue weighted by Crippen LogP contribution is -2.30. The maximum atomic E-state index is 13.1. The standard InChI is InChI=1S/C26H27NO5/c1-3-5-12-27-23(18-7-6-8-20(16-18)31-13-4-2)22(25(29)26(27)30)24(28)19-9-10-21-17(15-19)11-14-32-21/h4,6-10,15-16,23,28H,2-3,5,11-14H2,1H3/b24-22-. The fourth-order valence-corrected chi connectivity index (χ4v) is 4.20. The number of aliphatic hydroxyl groups is 1. The van der Waals surface area contributed by atoms with Gasteiger partial charge in [-0.25, -0.2) is 0 Å². The molecule has 0 radical (unpaired) electrons. The summed E-state index contributed by atoms with van der Waals surface area (Å²) >= 11 is 0. The third-order valence-electron chi connectivity index (χ3n) is 5.80. The van der Waals surface area contributed by atoms with Crippen molar-refractivity contribution < 1.29 is 24.2 Å². The molecule has 1 N–H and O–H groups in total. The van der Waals surface area contributed by atoms with E-state index in [-0.39, 0.29) is 11.3 Å². The number of hydrogen-bond acceptors (Lipinski definition) is 5. The molecule has 1 unspecified atom stereocenters. The molecule has 0 bridgehead atoms. The van der Waals surface area contributed by atoms with Crippen molar-refractivity contribution in [3.8, 4) is 11.5 Å². The maximum absolute atomic E-state index is 13.1. The van der Waals surface area contributed by atoms with Crippen LogP contribution in [0.2, 0.25) is 0 Å². The van der Waals surface area contributed by atoms with Crippen molar-refractivity contribution in [3.05, 3.63) is 77.4 Å². The number of carbonyl (C=O) groups is 2. The van der Waals surface area contributed by atoms with E-state index in [1.165, 1.54) is 0 Å². The first-order valence-electron chi connectivity index (χ1n) is 10.9. The lowest BCUT2D eigenvalue weighted by Gasteiger charge is -2.25. The molecule has 0 aliphatic carbocycles. The zero-order valence-electron chi connectivity index (χ0n) is 18.2. The van der Waals surface area contributed by atoms with Crippen molar-refractivity contribution >= 4 is 17.4 Å². The van der Waals surface area contributed by atoms with Gasteiger partial charge in [-0.05, 0) is 47.9 Å². The van der Waals surface area contributed by atoms with Gasteiger partial charge >= 0.3 is 0 Å². The highest BCUT2D eigenvalue weighted by molar-refractivity contribution is 6.46. The van der Waals surface area contributed by atoms with E-state index in [2.05, 4.69) is 6.58 Å². The van der Waals surface area contributed by atoms with E-state index in [1.807, 2.05) is 37.3 Å². The minimum Gasteiger partial charge on any atom is -0.507 e. The van der Waals surface area contributed by atoms with Crippen LogP contribution in [0.15, 0.2) is 60.7 Å². The molecule has 6 nitrogen and oxygen atoms in total. The second-order valence-electron chi connectivity index (χ2n) is 7.94. The van der Waals surface area contributed by atoms with Crippen LogP contribution >= 0.6 is 0 Å². The van der Waals surface area contributed by atoms with Crippen LogP contribution in [0, 0.1) is 0 Å². The van der Waals surface area contributed by atoms with E-state index in [9.17, 15) is 14.7 Å². The third-order valence-corrected chi connectivity index (χ3v) is 5.80. The second kappa shape index (κ2) is 9.30. The molecule has 2 heterocycles. The fraction of sp³-hybridized carbons (Fsp3) is 0.308. The average Bonchev–Trinajstić information content (AvgIpc) is 3.38. The van der Waals surface area contributed by atoms with Crippen LogP contribution in [-0.2, 0) is 16.0 Å². The summed E-state index contributed by atoms with van der Waals surface area (Å²) in [5, 5.41) is 11.2. The van der Waals surface area contributed by atoms with E-state index in [0.29, 0.717) is 36.6 Å². The number of unbranched alkanes of at least 4 members (excludes halogenated alkanes) is 1. The van der Waals surface area contributed by atoms with Crippen LogP contribution in [0.5, 0.6) is 11.5 Å². The minimum absolute atomic E-state index is 0.103. The van der Waals surface area contributed by atoms with Gasteiger partial charge in [0.15, 0.2) is 0 Å². The normalized spacial score (nSPS) is 19.0. The molecule has 1 amide bonds. The van der Waals surface area contributed by atoms with Crippen molar-refractivity contribution in [2.24, 2.45) is 0 Å². The summed E-state index contributed by atoms with van der Waals surface area (Å²) in [6.45, 7) is 7.06. The summed E-state index contributed by atoms with van der Waals surface area (Å²) < 4.78 is 11.2. The summed E-state index contributed by atoms with van der Waals surface area (Å²) in [5.41, 5.74) is 2.30. The molecule has 1 saturated heterocycles. The molecule has 2 aromatic carbocycles. The van der Waals surface area contributed by atoms with Crippen LogP contribution in [0.3, 0.4) is 0 Å². The highest BCUT2D eigenvalue weighted by Gasteiger charge is 2.45. The van der Waals surface area contributed by atoms with Gasteiger partial charge in [0.2, 0.25) is 0 Å². The topological polar surface area (TPSA) is 76.1 Å². The van der Waals surface area contributed by atoms with Gasteiger partial charge in [-0.15, -0.1) is 0 Å². The van der Waals surface area contributed by atoms with Gasteiger partial charge in [0.05, 0.1) is 18.2 Å². The molecular formula is C26H27NO5. The quantitative estimate of drug-likeness (QED) is 0.289.